The molecule has 2 aromatic heterocycles. The Labute approximate surface area is 365 Å². The average molecular weight is 805 g/mol. The number of para-hydroxylation sites is 3. The van der Waals surface area contributed by atoms with Crippen LogP contribution in [0.25, 0.3) is 60.2 Å². The lowest BCUT2D eigenvalue weighted by Crippen LogP contribution is -2.16. The summed E-state index contributed by atoms with van der Waals surface area (Å²) in [7, 11) is 2.11. The van der Waals surface area contributed by atoms with E-state index in [1.54, 1.807) is 0 Å². The normalized spacial score (nSPS) is 13.5. The molecular weight excluding hydrogens is 753 g/mol. The van der Waals surface area contributed by atoms with Gasteiger partial charge in [0.15, 0.2) is 0 Å². The van der Waals surface area contributed by atoms with E-state index >= 15 is 0 Å². The van der Waals surface area contributed by atoms with Gasteiger partial charge in [-0.25, -0.2) is 4.98 Å². The van der Waals surface area contributed by atoms with Crippen molar-refractivity contribution in [3.63, 3.8) is 0 Å². The second-order valence-corrected chi connectivity index (χ2v) is 15.6. The van der Waals surface area contributed by atoms with Crippen molar-refractivity contribution in [3.05, 3.63) is 242 Å². The van der Waals surface area contributed by atoms with E-state index in [1.165, 1.54) is 43.4 Å². The number of anilines is 1. The van der Waals surface area contributed by atoms with Crippen LogP contribution in [0.15, 0.2) is 219 Å². The summed E-state index contributed by atoms with van der Waals surface area (Å²) in [5, 5.41) is 7.61. The molecule has 0 saturated carbocycles. The van der Waals surface area contributed by atoms with Gasteiger partial charge in [-0.2, -0.15) is 0 Å². The second-order valence-electron chi connectivity index (χ2n) is 15.6. The number of hydrogen-bond donors (Lipinski definition) is 0. The third-order valence-corrected chi connectivity index (χ3v) is 11.6. The number of imidazole rings is 1. The predicted octanol–water partition coefficient (Wildman–Crippen LogP) is 15.1. The molecule has 0 bridgehead atoms. The molecule has 0 aliphatic rings. The number of hydrogen-bond acceptors (Lipinski definition) is 3. The van der Waals surface area contributed by atoms with Crippen molar-refractivity contribution in [3.8, 4) is 0 Å². The molecule has 4 heteroatoms. The number of allylic oxidation sites excluding steroid dienone is 13. The minimum atomic E-state index is 0.0593. The number of pyridine rings is 1. The Hall–Kier alpha value is -7.56. The summed E-state index contributed by atoms with van der Waals surface area (Å²) in [6, 6.07) is 47.3. The van der Waals surface area contributed by atoms with Crippen LogP contribution in [0.2, 0.25) is 0 Å². The highest BCUT2D eigenvalue weighted by Crippen LogP contribution is 2.37. The van der Waals surface area contributed by atoms with Gasteiger partial charge in [0.1, 0.15) is 5.82 Å². The Morgan fingerprint density at radius 3 is 2.08 bits per heavy atom. The van der Waals surface area contributed by atoms with Crippen LogP contribution in [0.5, 0.6) is 0 Å². The topological polar surface area (TPSA) is 34.0 Å². The maximum absolute atomic E-state index is 5.12. The summed E-state index contributed by atoms with van der Waals surface area (Å²) in [6.45, 7) is 14.7. The molecule has 0 amide bonds. The summed E-state index contributed by atoms with van der Waals surface area (Å²) in [4.78, 5) is 11.8. The molecule has 8 rings (SSSR count). The molecule has 304 valence electrons. The van der Waals surface area contributed by atoms with E-state index in [9.17, 15) is 0 Å². The predicted molar refractivity (Wildman–Crippen MR) is 268 cm³/mol. The van der Waals surface area contributed by atoms with Crippen LogP contribution < -0.4 is 4.90 Å². The van der Waals surface area contributed by atoms with Crippen LogP contribution in [0, 0.1) is 0 Å². The van der Waals surface area contributed by atoms with Crippen molar-refractivity contribution < 1.29 is 0 Å². The van der Waals surface area contributed by atoms with Gasteiger partial charge in [-0.15, -0.1) is 0 Å². The van der Waals surface area contributed by atoms with Crippen molar-refractivity contribution >= 4 is 65.9 Å². The van der Waals surface area contributed by atoms with E-state index in [0.717, 1.165) is 57.2 Å². The molecule has 0 aliphatic carbocycles. The van der Waals surface area contributed by atoms with Crippen molar-refractivity contribution in [2.75, 3.05) is 11.9 Å². The van der Waals surface area contributed by atoms with Gasteiger partial charge in [0.05, 0.1) is 16.7 Å². The van der Waals surface area contributed by atoms with E-state index < -0.39 is 0 Å². The highest BCUT2D eigenvalue weighted by Gasteiger charge is 2.17. The maximum Gasteiger partial charge on any atom is 0.120 e. The number of benzene rings is 6. The fourth-order valence-corrected chi connectivity index (χ4v) is 8.36. The molecule has 0 saturated heterocycles. The summed E-state index contributed by atoms with van der Waals surface area (Å²) < 4.78 is 2.27. The molecule has 4 nitrogen and oxygen atoms in total. The van der Waals surface area contributed by atoms with Crippen LogP contribution in [0.3, 0.4) is 0 Å². The number of nitrogens with zero attached hydrogens (tertiary/aromatic N) is 4. The molecular formula is C58H52N4. The molecule has 1 atom stereocenters. The van der Waals surface area contributed by atoms with Crippen molar-refractivity contribution in [1.29, 1.82) is 0 Å². The summed E-state index contributed by atoms with van der Waals surface area (Å²) in [5.41, 5.74) is 10.8. The van der Waals surface area contributed by atoms with E-state index in [1.807, 2.05) is 48.7 Å². The third-order valence-electron chi connectivity index (χ3n) is 11.6. The van der Waals surface area contributed by atoms with Gasteiger partial charge in [-0.05, 0) is 129 Å². The van der Waals surface area contributed by atoms with E-state index in [0.29, 0.717) is 0 Å². The Balaban J connectivity index is 1.09. The molecule has 2 heterocycles. The summed E-state index contributed by atoms with van der Waals surface area (Å²) >= 11 is 0. The van der Waals surface area contributed by atoms with Gasteiger partial charge >= 0.3 is 0 Å². The lowest BCUT2D eigenvalue weighted by atomic mass is 9.91. The first kappa shape index (κ1) is 41.2. The Bertz CT molecular complexity index is 3100. The summed E-state index contributed by atoms with van der Waals surface area (Å²) in [6.07, 6.45) is 23.6. The van der Waals surface area contributed by atoms with Gasteiger partial charge < -0.3 is 4.90 Å². The molecule has 0 aliphatic heterocycles. The van der Waals surface area contributed by atoms with E-state index in [-0.39, 0.29) is 5.92 Å². The van der Waals surface area contributed by atoms with Gasteiger partial charge in [0.2, 0.25) is 0 Å². The van der Waals surface area contributed by atoms with Crippen LogP contribution in [-0.4, -0.2) is 21.6 Å². The lowest BCUT2D eigenvalue weighted by molar-refractivity contribution is 0.828. The minimum absolute atomic E-state index is 0.0593. The molecule has 6 aromatic carbocycles. The molecule has 62 heavy (non-hydrogen) atoms. The monoisotopic (exact) mass is 804 g/mol. The first-order chi connectivity index (χ1) is 30.4. The van der Waals surface area contributed by atoms with Gasteiger partial charge in [0, 0.05) is 36.2 Å². The zero-order valence-electron chi connectivity index (χ0n) is 36.0. The fourth-order valence-electron chi connectivity index (χ4n) is 8.36. The van der Waals surface area contributed by atoms with Crippen molar-refractivity contribution in [1.82, 2.24) is 14.5 Å². The lowest BCUT2D eigenvalue weighted by Gasteiger charge is -2.23. The van der Waals surface area contributed by atoms with Crippen molar-refractivity contribution in [2.45, 2.75) is 33.1 Å². The zero-order chi connectivity index (χ0) is 43.0. The number of aromatic nitrogens is 3. The quantitative estimate of drug-likeness (QED) is 0.0811. The highest BCUT2D eigenvalue weighted by molar-refractivity contribution is 6.25. The molecule has 0 fully saturated rings. The third kappa shape index (κ3) is 8.54. The van der Waals surface area contributed by atoms with Crippen LogP contribution in [0.1, 0.15) is 49.3 Å². The number of fused-ring (bicyclic) bond motifs is 7. The molecule has 8 aromatic rings. The average Bonchev–Trinajstić information content (AvgIpc) is 3.72. The Morgan fingerprint density at radius 2 is 1.37 bits per heavy atom. The molecule has 0 radical (unpaired) electrons. The zero-order valence-corrected chi connectivity index (χ0v) is 36.0. The SMILES string of the molecule is C=C/C=C\C(=C/Cc1ccccc1N(C)/C(C=C)=C/C=C(\C)n1c(C(C)/C=C\C=C(/C)c2ccccn2)nc2ccccc21)c1ccc2c3ccccc3c3ccccc3c2c1. The molecule has 1 unspecified atom stereocenters. The van der Waals surface area contributed by atoms with E-state index in [2.05, 4.69) is 207 Å². The smallest absolute Gasteiger partial charge is 0.120 e. The van der Waals surface area contributed by atoms with E-state index in [4.69, 9.17) is 4.98 Å². The Kier molecular flexibility index (Phi) is 12.5. The van der Waals surface area contributed by atoms with Crippen molar-refractivity contribution in [2.24, 2.45) is 0 Å². The summed E-state index contributed by atoms with van der Waals surface area (Å²) in [5.74, 6) is 1.04. The second kappa shape index (κ2) is 18.8. The molecule has 0 N–H and O–H groups in total. The maximum atomic E-state index is 5.12. The highest BCUT2D eigenvalue weighted by atomic mass is 15.1. The first-order valence-corrected chi connectivity index (χ1v) is 21.3. The van der Waals surface area contributed by atoms with Crippen LogP contribution in [-0.2, 0) is 6.42 Å². The number of likely N-dealkylation sites (N-methyl/N-ethyl adjacent to an activating group) is 1. The van der Waals surface area contributed by atoms with Gasteiger partial charge in [0.25, 0.3) is 0 Å². The molecule has 0 spiro atoms. The first-order valence-electron chi connectivity index (χ1n) is 21.3. The van der Waals surface area contributed by atoms with Gasteiger partial charge in [-0.3, -0.25) is 9.55 Å². The Morgan fingerprint density at radius 1 is 0.710 bits per heavy atom. The van der Waals surface area contributed by atoms with Gasteiger partial charge in [-0.1, -0.05) is 160 Å². The number of rotatable bonds is 14. The van der Waals surface area contributed by atoms with Crippen LogP contribution in [0.4, 0.5) is 5.69 Å². The largest absolute Gasteiger partial charge is 0.344 e. The van der Waals surface area contributed by atoms with Crippen LogP contribution >= 0.6 is 0 Å². The standard InChI is InChI=1S/C58H52N4/c1-7-9-23-44(46-36-38-52-50-27-12-11-25-48(50)49-26-13-14-28-51(49)53(52)40-46)34-35-45-24-10-16-31-56(45)61(6)47(8-2)37-33-43(5)62-57-32-17-15-30-55(57)60-58(62)42(4)22-20-21-41(3)54-29-18-19-39-59-54/h7-34,36-40,42H,1-2,35H2,3-6H3/b22-20-,23-9-,41-21+,43-33+,44-34+,47-37+. The fraction of sp³-hybridized carbons (Fsp3) is 0.103. The minimum Gasteiger partial charge on any atom is -0.344 e.